The molecule has 0 N–H and O–H groups in total. The smallest absolute Gasteiger partial charge is 0.174 e. The topological polar surface area (TPSA) is 39.2 Å². The Kier molecular flexibility index (Phi) is 1.57. The number of rotatable bonds is 0. The monoisotopic (exact) mass is 163 g/mol. The fraction of sp³-hybridized carbons (Fsp3) is 0.333. The van der Waals surface area contributed by atoms with E-state index in [4.69, 9.17) is 4.74 Å². The van der Waals surface area contributed by atoms with E-state index in [0.717, 1.165) is 17.0 Å². The highest BCUT2D eigenvalue weighted by Crippen LogP contribution is 2.22. The Morgan fingerprint density at radius 2 is 2.42 bits per heavy atom. The molecule has 1 aromatic rings. The lowest BCUT2D eigenvalue weighted by Gasteiger charge is -2.15. The average Bonchev–Trinajstić information content (AvgIpc) is 2.03. The molecule has 0 saturated carbocycles. The number of ether oxygens (including phenoxy) is 1. The van der Waals surface area contributed by atoms with Crippen LogP contribution >= 0.6 is 0 Å². The van der Waals surface area contributed by atoms with E-state index in [-0.39, 0.29) is 12.4 Å². The van der Waals surface area contributed by atoms with Crippen LogP contribution in [0.5, 0.6) is 5.75 Å². The fourth-order valence-electron chi connectivity index (χ4n) is 1.29. The van der Waals surface area contributed by atoms with Gasteiger partial charge in [0.15, 0.2) is 5.78 Å². The first-order valence-corrected chi connectivity index (χ1v) is 3.86. The highest BCUT2D eigenvalue weighted by Gasteiger charge is 2.16. The van der Waals surface area contributed by atoms with Crippen LogP contribution < -0.4 is 4.74 Å². The number of hydrogen-bond acceptors (Lipinski definition) is 3. The van der Waals surface area contributed by atoms with Gasteiger partial charge in [-0.25, -0.2) is 0 Å². The Balaban J connectivity index is 2.44. The second-order valence-electron chi connectivity index (χ2n) is 2.94. The van der Waals surface area contributed by atoms with Crippen molar-refractivity contribution in [3.8, 4) is 5.75 Å². The first kappa shape index (κ1) is 7.28. The van der Waals surface area contributed by atoms with Gasteiger partial charge in [-0.05, 0) is 13.0 Å². The van der Waals surface area contributed by atoms with Crippen LogP contribution in [0, 0.1) is 6.92 Å². The largest absolute Gasteiger partial charge is 0.484 e. The molecule has 2 rings (SSSR count). The van der Waals surface area contributed by atoms with E-state index in [1.807, 2.05) is 13.0 Å². The summed E-state index contributed by atoms with van der Waals surface area (Å²) >= 11 is 0. The van der Waals surface area contributed by atoms with Crippen molar-refractivity contribution in [3.63, 3.8) is 0 Å². The van der Waals surface area contributed by atoms with Gasteiger partial charge in [0.1, 0.15) is 12.4 Å². The molecule has 1 aliphatic heterocycles. The van der Waals surface area contributed by atoms with Crippen LogP contribution in [-0.4, -0.2) is 17.4 Å². The predicted molar refractivity (Wildman–Crippen MR) is 43.2 cm³/mol. The van der Waals surface area contributed by atoms with E-state index in [9.17, 15) is 4.79 Å². The van der Waals surface area contributed by atoms with Gasteiger partial charge in [0.05, 0.1) is 6.20 Å². The molecule has 0 aliphatic carbocycles. The van der Waals surface area contributed by atoms with Crippen molar-refractivity contribution in [3.05, 3.63) is 23.5 Å². The molecule has 1 aromatic heterocycles. The zero-order valence-electron chi connectivity index (χ0n) is 6.83. The summed E-state index contributed by atoms with van der Waals surface area (Å²) in [6.45, 7) is 2.09. The molecule has 2 heterocycles. The van der Waals surface area contributed by atoms with E-state index in [1.54, 1.807) is 6.20 Å². The van der Waals surface area contributed by atoms with E-state index in [1.165, 1.54) is 0 Å². The molecule has 0 bridgehead atoms. The van der Waals surface area contributed by atoms with E-state index < -0.39 is 0 Å². The Morgan fingerprint density at radius 1 is 1.58 bits per heavy atom. The number of nitrogens with zero attached hydrogens (tertiary/aromatic N) is 1. The zero-order chi connectivity index (χ0) is 8.55. The molecular formula is C9H9NO2. The number of aromatic nitrogens is 1. The average molecular weight is 163 g/mol. The normalized spacial score (nSPS) is 15.2. The second-order valence-corrected chi connectivity index (χ2v) is 2.94. The minimum Gasteiger partial charge on any atom is -0.484 e. The quantitative estimate of drug-likeness (QED) is 0.570. The van der Waals surface area contributed by atoms with E-state index >= 15 is 0 Å². The molecular weight excluding hydrogens is 154 g/mol. The first-order chi connectivity index (χ1) is 5.75. The van der Waals surface area contributed by atoms with Crippen molar-refractivity contribution < 1.29 is 9.53 Å². The maximum Gasteiger partial charge on any atom is 0.174 e. The van der Waals surface area contributed by atoms with Gasteiger partial charge in [0.25, 0.3) is 0 Å². The fourth-order valence-corrected chi connectivity index (χ4v) is 1.29. The van der Waals surface area contributed by atoms with Crippen molar-refractivity contribution in [2.24, 2.45) is 0 Å². The molecule has 0 spiro atoms. The maximum absolute atomic E-state index is 11.0. The van der Waals surface area contributed by atoms with Gasteiger partial charge in [-0.1, -0.05) is 0 Å². The minimum absolute atomic E-state index is 0.133. The summed E-state index contributed by atoms with van der Waals surface area (Å²) in [7, 11) is 0. The Labute approximate surface area is 70.4 Å². The molecule has 62 valence electrons. The van der Waals surface area contributed by atoms with Crippen molar-refractivity contribution in [1.29, 1.82) is 0 Å². The standard InChI is InChI=1S/C9H9NO2/c1-6-2-7-3-8(11)5-12-9(7)4-10-6/h2,4H,3,5H2,1H3. The molecule has 0 amide bonds. The van der Waals surface area contributed by atoms with Crippen LogP contribution in [0.3, 0.4) is 0 Å². The Bertz CT molecular complexity index is 333. The van der Waals surface area contributed by atoms with E-state index in [0.29, 0.717) is 6.42 Å². The van der Waals surface area contributed by atoms with Gasteiger partial charge < -0.3 is 4.74 Å². The van der Waals surface area contributed by atoms with Crippen LogP contribution in [0.15, 0.2) is 12.3 Å². The number of fused-ring (bicyclic) bond motifs is 1. The lowest BCUT2D eigenvalue weighted by atomic mass is 10.1. The maximum atomic E-state index is 11.0. The number of Topliss-reactive ketones (excluding diaryl/α,β-unsaturated/α-hetero) is 1. The van der Waals surface area contributed by atoms with Gasteiger partial charge >= 0.3 is 0 Å². The summed E-state index contributed by atoms with van der Waals surface area (Å²) in [5.41, 5.74) is 1.88. The van der Waals surface area contributed by atoms with Crippen molar-refractivity contribution in [1.82, 2.24) is 4.98 Å². The third kappa shape index (κ3) is 1.18. The molecule has 0 radical (unpaired) electrons. The van der Waals surface area contributed by atoms with Crippen molar-refractivity contribution in [2.45, 2.75) is 13.3 Å². The predicted octanol–water partition coefficient (Wildman–Crippen LogP) is 0.894. The van der Waals surface area contributed by atoms with Crippen LogP contribution in [0.4, 0.5) is 0 Å². The molecule has 0 atom stereocenters. The SMILES string of the molecule is Cc1cc2c(cn1)OCC(=O)C2. The molecule has 0 saturated heterocycles. The highest BCUT2D eigenvalue weighted by atomic mass is 16.5. The number of pyridine rings is 1. The van der Waals surface area contributed by atoms with E-state index in [2.05, 4.69) is 4.98 Å². The molecule has 0 unspecified atom stereocenters. The van der Waals surface area contributed by atoms with Crippen molar-refractivity contribution >= 4 is 5.78 Å². The van der Waals surface area contributed by atoms with Gasteiger partial charge in [-0.2, -0.15) is 0 Å². The second kappa shape index (κ2) is 2.59. The summed E-state index contributed by atoms with van der Waals surface area (Å²) in [5, 5.41) is 0. The van der Waals surface area contributed by atoms with Crippen LogP contribution in [0.2, 0.25) is 0 Å². The molecule has 12 heavy (non-hydrogen) atoms. The third-order valence-electron chi connectivity index (χ3n) is 1.86. The summed E-state index contributed by atoms with van der Waals surface area (Å²) in [6.07, 6.45) is 2.16. The molecule has 3 nitrogen and oxygen atoms in total. The zero-order valence-corrected chi connectivity index (χ0v) is 6.83. The molecule has 1 aliphatic rings. The molecule has 0 fully saturated rings. The van der Waals surface area contributed by atoms with Crippen molar-refractivity contribution in [2.75, 3.05) is 6.61 Å². The van der Waals surface area contributed by atoms with Gasteiger partial charge in [0.2, 0.25) is 0 Å². The summed E-state index contributed by atoms with van der Waals surface area (Å²) in [6, 6.07) is 1.90. The number of carbonyl (C=O) groups excluding carboxylic acids is 1. The Hall–Kier alpha value is -1.38. The number of ketones is 1. The van der Waals surface area contributed by atoms with Crippen LogP contribution in [0.1, 0.15) is 11.3 Å². The highest BCUT2D eigenvalue weighted by molar-refractivity contribution is 5.84. The minimum atomic E-state index is 0.133. The first-order valence-electron chi connectivity index (χ1n) is 3.86. The number of hydrogen-bond donors (Lipinski definition) is 0. The molecule has 3 heteroatoms. The summed E-state index contributed by atoms with van der Waals surface area (Å²) < 4.78 is 5.18. The lowest BCUT2D eigenvalue weighted by molar-refractivity contribution is -0.121. The molecule has 0 aromatic carbocycles. The van der Waals surface area contributed by atoms with Crippen LogP contribution in [0.25, 0.3) is 0 Å². The van der Waals surface area contributed by atoms with Crippen LogP contribution in [-0.2, 0) is 11.2 Å². The summed E-state index contributed by atoms with van der Waals surface area (Å²) in [4.78, 5) is 15.1. The number of carbonyl (C=O) groups is 1. The van der Waals surface area contributed by atoms with Gasteiger partial charge in [0, 0.05) is 17.7 Å². The third-order valence-corrected chi connectivity index (χ3v) is 1.86. The van der Waals surface area contributed by atoms with Gasteiger partial charge in [-0.3, -0.25) is 9.78 Å². The summed E-state index contributed by atoms with van der Waals surface area (Å²) in [5.74, 6) is 0.883. The Morgan fingerprint density at radius 3 is 3.25 bits per heavy atom. The van der Waals surface area contributed by atoms with Gasteiger partial charge in [-0.15, -0.1) is 0 Å². The number of aryl methyl sites for hydroxylation is 1. The lowest BCUT2D eigenvalue weighted by Crippen LogP contribution is -2.20.